The van der Waals surface area contributed by atoms with Crippen molar-refractivity contribution in [2.24, 2.45) is 20.5 Å². The van der Waals surface area contributed by atoms with Crippen molar-refractivity contribution < 1.29 is 56.0 Å². The molecule has 6 rings (SSSR count). The van der Waals surface area contributed by atoms with Crippen LogP contribution in [0.3, 0.4) is 0 Å². The van der Waals surface area contributed by atoms with Crippen molar-refractivity contribution in [1.82, 2.24) is 0 Å². The van der Waals surface area contributed by atoms with Crippen molar-refractivity contribution in [2.75, 3.05) is 0 Å². The molecule has 0 spiro atoms. The molecule has 6 N–H and O–H groups in total. The predicted octanol–water partition coefficient (Wildman–Crippen LogP) is 8.30. The summed E-state index contributed by atoms with van der Waals surface area (Å²) in [4.78, 5) is 22.0. The molecule has 6 aromatic carbocycles. The first-order valence-electron chi connectivity index (χ1n) is 15.2. The van der Waals surface area contributed by atoms with E-state index >= 15 is 0 Å². The second-order valence-electron chi connectivity index (χ2n) is 11.4. The predicted molar refractivity (Wildman–Crippen MR) is 195 cm³/mol. The fourth-order valence-electron chi connectivity index (χ4n) is 5.45. The first-order chi connectivity index (χ1) is 25.5. The lowest BCUT2D eigenvalue weighted by Crippen LogP contribution is -2.01. The van der Waals surface area contributed by atoms with Crippen molar-refractivity contribution in [1.29, 1.82) is 0 Å². The molecule has 0 saturated heterocycles. The van der Waals surface area contributed by atoms with Gasteiger partial charge in [-0.3, -0.25) is 9.11 Å². The maximum atomic E-state index is 12.4. The van der Waals surface area contributed by atoms with Crippen LogP contribution in [-0.4, -0.2) is 58.3 Å². The van der Waals surface area contributed by atoms with Crippen LogP contribution < -0.4 is 0 Å². The molecule has 16 nitrogen and oxygen atoms in total. The van der Waals surface area contributed by atoms with Gasteiger partial charge >= 0.3 is 11.9 Å². The van der Waals surface area contributed by atoms with Gasteiger partial charge in [-0.1, -0.05) is 72.8 Å². The third-order valence-electron chi connectivity index (χ3n) is 7.97. The van der Waals surface area contributed by atoms with Gasteiger partial charge in [0.1, 0.15) is 32.3 Å². The standard InChI is InChI=1S/C36H24N4O12S2/c41-33-27(35(43)44)15-21-5-1-3-7-25(21)31(33)39-37-23-13-11-19(29(17-23)53(47,48)49)9-10-20-12-14-24(18-30(20)54(50,51)52)38-40-32-26-8-4-2-6-22(26)16-28(34(32)42)36(45)46/h1-18,41-42H,(H,43,44)(H,45,46)(H,47,48,49)(H,50,51,52). The van der Waals surface area contributed by atoms with E-state index in [1.807, 2.05) is 0 Å². The number of hydrogen-bond donors (Lipinski definition) is 6. The molecule has 18 heteroatoms. The molecule has 0 unspecified atom stereocenters. The topological polar surface area (TPSA) is 273 Å². The summed E-state index contributed by atoms with van der Waals surface area (Å²) in [5, 5.41) is 57.7. The van der Waals surface area contributed by atoms with Crippen LogP contribution in [0.25, 0.3) is 33.7 Å². The molecule has 0 atom stereocenters. The van der Waals surface area contributed by atoms with Gasteiger partial charge in [0.2, 0.25) is 0 Å². The number of rotatable bonds is 10. The minimum absolute atomic E-state index is 0.134. The molecule has 0 radical (unpaired) electrons. The van der Waals surface area contributed by atoms with Crippen molar-refractivity contribution in [3.05, 3.63) is 119 Å². The summed E-state index contributed by atoms with van der Waals surface area (Å²) in [5.74, 6) is -4.21. The van der Waals surface area contributed by atoms with E-state index in [-0.39, 0.29) is 33.9 Å². The van der Waals surface area contributed by atoms with Gasteiger partial charge in [-0.15, -0.1) is 10.2 Å². The number of nitrogens with zero attached hydrogens (tertiary/aromatic N) is 4. The van der Waals surface area contributed by atoms with Gasteiger partial charge in [-0.05, 0) is 58.3 Å². The lowest BCUT2D eigenvalue weighted by atomic mass is 10.0. The minimum Gasteiger partial charge on any atom is -0.505 e. The Balaban J connectivity index is 1.36. The fraction of sp³-hybridized carbons (Fsp3) is 0. The highest BCUT2D eigenvalue weighted by molar-refractivity contribution is 7.86. The smallest absolute Gasteiger partial charge is 0.339 e. The van der Waals surface area contributed by atoms with E-state index in [9.17, 15) is 56.0 Å². The molecule has 272 valence electrons. The third-order valence-corrected chi connectivity index (χ3v) is 9.79. The number of aromatic hydroxyl groups is 2. The molecular weight excluding hydrogens is 745 g/mol. The molecule has 0 saturated carbocycles. The summed E-state index contributed by atoms with van der Waals surface area (Å²) >= 11 is 0. The first-order valence-corrected chi connectivity index (χ1v) is 18.1. The molecule has 0 amide bonds. The number of carboxylic acids is 2. The SMILES string of the molecule is O=C(O)c1cc2ccccc2c(N=Nc2ccc(C=Cc3ccc(N=Nc4c(O)c(C(=O)O)cc5ccccc45)cc3S(=O)(=O)O)c(S(=O)(=O)O)c2)c1O. The number of hydrogen-bond acceptors (Lipinski definition) is 12. The quantitative estimate of drug-likeness (QED) is 0.0436. The number of azo groups is 2. The normalized spacial score (nSPS) is 12.4. The Hall–Kier alpha value is -6.86. The van der Waals surface area contributed by atoms with Crippen LogP contribution in [0.15, 0.2) is 127 Å². The van der Waals surface area contributed by atoms with E-state index in [0.29, 0.717) is 21.5 Å². The van der Waals surface area contributed by atoms with Crippen LogP contribution in [0, 0.1) is 0 Å². The zero-order valence-corrected chi connectivity index (χ0v) is 28.8. The summed E-state index contributed by atoms with van der Waals surface area (Å²) in [6.07, 6.45) is 2.26. The van der Waals surface area contributed by atoms with Crippen molar-refractivity contribution >= 4 is 88.6 Å². The van der Waals surface area contributed by atoms with Gasteiger partial charge < -0.3 is 20.4 Å². The number of benzene rings is 6. The number of fused-ring (bicyclic) bond motifs is 2. The van der Waals surface area contributed by atoms with E-state index in [1.165, 1.54) is 36.4 Å². The van der Waals surface area contributed by atoms with E-state index < -0.39 is 64.6 Å². The average Bonchev–Trinajstić information content (AvgIpc) is 3.12. The third kappa shape index (κ3) is 7.52. The number of carboxylic acid groups (broad SMARTS) is 2. The maximum absolute atomic E-state index is 12.4. The monoisotopic (exact) mass is 768 g/mol. The van der Waals surface area contributed by atoms with Crippen molar-refractivity contribution in [2.45, 2.75) is 9.79 Å². The molecule has 6 aromatic rings. The highest BCUT2D eigenvalue weighted by Crippen LogP contribution is 2.41. The molecule has 0 aromatic heterocycles. The molecule has 0 bridgehead atoms. The Bertz CT molecular complexity index is 2680. The molecule has 0 aliphatic heterocycles. The second kappa shape index (κ2) is 14.3. The van der Waals surface area contributed by atoms with E-state index in [4.69, 9.17) is 0 Å². The van der Waals surface area contributed by atoms with Crippen LogP contribution >= 0.6 is 0 Å². The largest absolute Gasteiger partial charge is 0.505 e. The van der Waals surface area contributed by atoms with Crippen molar-refractivity contribution in [3.63, 3.8) is 0 Å². The summed E-state index contributed by atoms with van der Waals surface area (Å²) in [5.41, 5.74) is -1.87. The molecule has 0 aliphatic rings. The summed E-state index contributed by atoms with van der Waals surface area (Å²) < 4.78 is 69.6. The van der Waals surface area contributed by atoms with Gasteiger partial charge in [0.15, 0.2) is 11.5 Å². The average molecular weight is 769 g/mol. The molecular formula is C36H24N4O12S2. The van der Waals surface area contributed by atoms with E-state index in [1.54, 1.807) is 48.5 Å². The van der Waals surface area contributed by atoms with Crippen LogP contribution in [0.1, 0.15) is 31.8 Å². The summed E-state index contributed by atoms with van der Waals surface area (Å²) in [6.45, 7) is 0. The highest BCUT2D eigenvalue weighted by atomic mass is 32.2. The van der Waals surface area contributed by atoms with Gasteiger partial charge in [0.25, 0.3) is 20.2 Å². The van der Waals surface area contributed by atoms with Crippen LogP contribution in [0.4, 0.5) is 22.7 Å². The molecule has 0 heterocycles. The number of phenols is 2. The number of carbonyl (C=O) groups is 2. The molecule has 54 heavy (non-hydrogen) atoms. The van der Waals surface area contributed by atoms with Gasteiger partial charge in [-0.2, -0.15) is 27.1 Å². The van der Waals surface area contributed by atoms with Crippen LogP contribution in [0.2, 0.25) is 0 Å². The lowest BCUT2D eigenvalue weighted by Gasteiger charge is -2.08. The summed E-state index contributed by atoms with van der Waals surface area (Å²) in [7, 11) is -9.89. The van der Waals surface area contributed by atoms with E-state index in [2.05, 4.69) is 20.5 Å². The Labute approximate surface area is 304 Å². The van der Waals surface area contributed by atoms with Gasteiger partial charge in [0, 0.05) is 10.8 Å². The zero-order chi connectivity index (χ0) is 38.9. The molecule has 0 fully saturated rings. The summed E-state index contributed by atoms with van der Waals surface area (Å²) in [6, 6.07) is 22.2. The molecule has 0 aliphatic carbocycles. The van der Waals surface area contributed by atoms with Crippen LogP contribution in [0.5, 0.6) is 11.5 Å². The van der Waals surface area contributed by atoms with Crippen molar-refractivity contribution in [3.8, 4) is 11.5 Å². The first kappa shape index (κ1) is 36.9. The van der Waals surface area contributed by atoms with Gasteiger partial charge in [-0.25, -0.2) is 9.59 Å². The van der Waals surface area contributed by atoms with Crippen LogP contribution in [-0.2, 0) is 20.2 Å². The Kier molecular flexibility index (Phi) is 9.76. The lowest BCUT2D eigenvalue weighted by molar-refractivity contribution is 0.0682. The highest BCUT2D eigenvalue weighted by Gasteiger charge is 2.21. The Morgan fingerprint density at radius 3 is 1.24 bits per heavy atom. The number of aromatic carboxylic acids is 2. The Morgan fingerprint density at radius 2 is 0.889 bits per heavy atom. The second-order valence-corrected chi connectivity index (χ2v) is 14.2. The van der Waals surface area contributed by atoms with E-state index in [0.717, 1.165) is 24.3 Å². The maximum Gasteiger partial charge on any atom is 0.339 e. The zero-order valence-electron chi connectivity index (χ0n) is 27.1. The van der Waals surface area contributed by atoms with Gasteiger partial charge in [0.05, 0.1) is 11.4 Å². The minimum atomic E-state index is -4.94. The fourth-order valence-corrected chi connectivity index (χ4v) is 6.86. The Morgan fingerprint density at radius 1 is 0.519 bits per heavy atom.